The molecule has 3 aromatic rings. The van der Waals surface area contributed by atoms with E-state index in [0.29, 0.717) is 0 Å². The van der Waals surface area contributed by atoms with Crippen LogP contribution in [-0.2, 0) is 9.53 Å². The molecule has 0 spiro atoms. The van der Waals surface area contributed by atoms with Crippen molar-refractivity contribution in [2.45, 2.75) is 0 Å². The fraction of sp³-hybridized carbons (Fsp3) is 0.0625. The van der Waals surface area contributed by atoms with E-state index in [1.807, 2.05) is 30.3 Å². The third-order valence-electron chi connectivity index (χ3n) is 3.17. The quantitative estimate of drug-likeness (QED) is 0.559. The van der Waals surface area contributed by atoms with Crippen LogP contribution in [-0.4, -0.2) is 18.1 Å². The molecular formula is C16H13NO2. The Morgan fingerprint density at radius 2 is 1.89 bits per heavy atom. The Kier molecular flexibility index (Phi) is 2.80. The van der Waals surface area contributed by atoms with Gasteiger partial charge in [0.25, 0.3) is 0 Å². The summed E-state index contributed by atoms with van der Waals surface area (Å²) in [7, 11) is 1.37. The van der Waals surface area contributed by atoms with Crippen molar-refractivity contribution < 1.29 is 9.53 Å². The molecule has 2 aromatic carbocycles. The first-order chi connectivity index (χ1) is 9.29. The van der Waals surface area contributed by atoms with Crippen molar-refractivity contribution in [3.63, 3.8) is 0 Å². The molecule has 19 heavy (non-hydrogen) atoms. The highest BCUT2D eigenvalue weighted by molar-refractivity contribution is 6.09. The standard InChI is InChI=1S/C16H13NO2/c1-19-15(18)10-9-11-5-4-7-13-12-6-2-3-8-14(12)17-16(11)13/h2-10,17H,1H3/b10-9+. The van der Waals surface area contributed by atoms with Crippen LogP contribution in [0.15, 0.2) is 48.5 Å². The summed E-state index contributed by atoms with van der Waals surface area (Å²) in [6, 6.07) is 14.2. The Morgan fingerprint density at radius 1 is 1.11 bits per heavy atom. The maximum Gasteiger partial charge on any atom is 0.330 e. The van der Waals surface area contributed by atoms with Crippen LogP contribution in [0.1, 0.15) is 5.56 Å². The van der Waals surface area contributed by atoms with Crippen LogP contribution in [0.2, 0.25) is 0 Å². The summed E-state index contributed by atoms with van der Waals surface area (Å²) in [6.45, 7) is 0. The third-order valence-corrected chi connectivity index (χ3v) is 3.17. The predicted molar refractivity (Wildman–Crippen MR) is 76.9 cm³/mol. The zero-order valence-electron chi connectivity index (χ0n) is 10.5. The monoisotopic (exact) mass is 251 g/mol. The van der Waals surface area contributed by atoms with Gasteiger partial charge in [0.2, 0.25) is 0 Å². The SMILES string of the molecule is COC(=O)/C=C/c1cccc2c1[nH]c1ccccc12. The van der Waals surface area contributed by atoms with E-state index < -0.39 is 0 Å². The Labute approximate surface area is 110 Å². The van der Waals surface area contributed by atoms with Gasteiger partial charge in [-0.25, -0.2) is 4.79 Å². The van der Waals surface area contributed by atoms with Crippen molar-refractivity contribution in [1.29, 1.82) is 0 Å². The molecular weight excluding hydrogens is 238 g/mol. The van der Waals surface area contributed by atoms with Crippen LogP contribution in [0.3, 0.4) is 0 Å². The molecule has 0 bridgehead atoms. The number of rotatable bonds is 2. The molecule has 1 heterocycles. The number of carbonyl (C=O) groups is 1. The van der Waals surface area contributed by atoms with Crippen LogP contribution in [0.5, 0.6) is 0 Å². The summed E-state index contributed by atoms with van der Waals surface area (Å²) in [6.07, 6.45) is 3.20. The number of hydrogen-bond acceptors (Lipinski definition) is 2. The molecule has 0 saturated heterocycles. The molecule has 3 rings (SSSR count). The second-order valence-electron chi connectivity index (χ2n) is 4.30. The minimum Gasteiger partial charge on any atom is -0.466 e. The first-order valence-electron chi connectivity index (χ1n) is 6.05. The smallest absolute Gasteiger partial charge is 0.330 e. The van der Waals surface area contributed by atoms with Gasteiger partial charge in [-0.05, 0) is 17.7 Å². The van der Waals surface area contributed by atoms with Gasteiger partial charge in [0.05, 0.1) is 12.6 Å². The lowest BCUT2D eigenvalue weighted by molar-refractivity contribution is -0.134. The first kappa shape index (κ1) is 11.5. The Hall–Kier alpha value is -2.55. The average Bonchev–Trinajstić information content (AvgIpc) is 2.84. The van der Waals surface area contributed by atoms with Crippen LogP contribution in [0.25, 0.3) is 27.9 Å². The van der Waals surface area contributed by atoms with Crippen molar-refractivity contribution in [3.8, 4) is 0 Å². The van der Waals surface area contributed by atoms with Gasteiger partial charge in [0.15, 0.2) is 0 Å². The van der Waals surface area contributed by atoms with E-state index in [1.165, 1.54) is 18.6 Å². The fourth-order valence-corrected chi connectivity index (χ4v) is 2.26. The lowest BCUT2D eigenvalue weighted by atomic mass is 10.1. The molecule has 0 aliphatic rings. The van der Waals surface area contributed by atoms with Gasteiger partial charge in [-0.1, -0.05) is 36.4 Å². The number of nitrogens with one attached hydrogen (secondary N) is 1. The van der Waals surface area contributed by atoms with Crippen LogP contribution < -0.4 is 0 Å². The number of hydrogen-bond donors (Lipinski definition) is 1. The second-order valence-corrected chi connectivity index (χ2v) is 4.30. The van der Waals surface area contributed by atoms with Gasteiger partial charge in [0.1, 0.15) is 0 Å². The molecule has 0 amide bonds. The van der Waals surface area contributed by atoms with Crippen LogP contribution in [0.4, 0.5) is 0 Å². The van der Waals surface area contributed by atoms with E-state index in [0.717, 1.165) is 22.0 Å². The molecule has 0 radical (unpaired) electrons. The number of para-hydroxylation sites is 2. The summed E-state index contributed by atoms with van der Waals surface area (Å²) in [5.41, 5.74) is 3.10. The molecule has 3 nitrogen and oxygen atoms in total. The highest BCUT2D eigenvalue weighted by Crippen LogP contribution is 2.27. The molecule has 0 aliphatic heterocycles. The second kappa shape index (κ2) is 4.61. The topological polar surface area (TPSA) is 42.1 Å². The minimum atomic E-state index is -0.354. The van der Waals surface area contributed by atoms with Crippen molar-refractivity contribution in [2.24, 2.45) is 0 Å². The van der Waals surface area contributed by atoms with Crippen molar-refractivity contribution in [3.05, 3.63) is 54.1 Å². The van der Waals surface area contributed by atoms with E-state index >= 15 is 0 Å². The number of H-pyrrole nitrogens is 1. The molecule has 0 unspecified atom stereocenters. The van der Waals surface area contributed by atoms with Crippen LogP contribution in [0, 0.1) is 0 Å². The first-order valence-corrected chi connectivity index (χ1v) is 6.05. The number of aromatic nitrogens is 1. The zero-order valence-corrected chi connectivity index (χ0v) is 10.5. The largest absolute Gasteiger partial charge is 0.466 e. The van der Waals surface area contributed by atoms with E-state index in [9.17, 15) is 4.79 Å². The van der Waals surface area contributed by atoms with Crippen molar-refractivity contribution in [2.75, 3.05) is 7.11 Å². The Bertz CT molecular complexity index is 784. The van der Waals surface area contributed by atoms with Gasteiger partial charge in [0, 0.05) is 22.4 Å². The molecule has 1 N–H and O–H groups in total. The number of esters is 1. The predicted octanol–water partition coefficient (Wildman–Crippen LogP) is 3.51. The molecule has 94 valence electrons. The maximum atomic E-state index is 11.2. The number of benzene rings is 2. The summed E-state index contributed by atoms with van der Waals surface area (Å²) in [5.74, 6) is -0.354. The number of fused-ring (bicyclic) bond motifs is 3. The Morgan fingerprint density at radius 3 is 2.74 bits per heavy atom. The summed E-state index contributed by atoms with van der Waals surface area (Å²) in [5, 5.41) is 2.34. The van der Waals surface area contributed by atoms with Crippen molar-refractivity contribution >= 4 is 33.9 Å². The van der Waals surface area contributed by atoms with E-state index in [1.54, 1.807) is 6.08 Å². The number of methoxy groups -OCH3 is 1. The van der Waals surface area contributed by atoms with Gasteiger partial charge in [-0.2, -0.15) is 0 Å². The van der Waals surface area contributed by atoms with Gasteiger partial charge < -0.3 is 9.72 Å². The number of aromatic amines is 1. The zero-order chi connectivity index (χ0) is 13.2. The van der Waals surface area contributed by atoms with E-state index in [2.05, 4.69) is 21.9 Å². The minimum absolute atomic E-state index is 0.354. The highest BCUT2D eigenvalue weighted by atomic mass is 16.5. The maximum absolute atomic E-state index is 11.2. The molecule has 0 fully saturated rings. The fourth-order valence-electron chi connectivity index (χ4n) is 2.26. The van der Waals surface area contributed by atoms with Gasteiger partial charge in [-0.3, -0.25) is 0 Å². The Balaban J connectivity index is 2.20. The van der Waals surface area contributed by atoms with E-state index in [4.69, 9.17) is 0 Å². The lowest BCUT2D eigenvalue weighted by Gasteiger charge is -1.96. The third kappa shape index (κ3) is 1.99. The summed E-state index contributed by atoms with van der Waals surface area (Å²) < 4.78 is 4.61. The van der Waals surface area contributed by atoms with E-state index in [-0.39, 0.29) is 5.97 Å². The van der Waals surface area contributed by atoms with Gasteiger partial charge >= 0.3 is 5.97 Å². The van der Waals surface area contributed by atoms with Gasteiger partial charge in [-0.15, -0.1) is 0 Å². The lowest BCUT2D eigenvalue weighted by Crippen LogP contribution is -1.93. The normalized spacial score (nSPS) is 11.4. The molecule has 0 aliphatic carbocycles. The van der Waals surface area contributed by atoms with Crippen LogP contribution >= 0.6 is 0 Å². The molecule has 0 saturated carbocycles. The summed E-state index contributed by atoms with van der Waals surface area (Å²) >= 11 is 0. The average molecular weight is 251 g/mol. The highest BCUT2D eigenvalue weighted by Gasteiger charge is 2.05. The molecule has 0 atom stereocenters. The molecule has 1 aromatic heterocycles. The number of ether oxygens (including phenoxy) is 1. The number of carbonyl (C=O) groups excluding carboxylic acids is 1. The summed E-state index contributed by atoms with van der Waals surface area (Å²) in [4.78, 5) is 14.6. The molecule has 3 heteroatoms. The van der Waals surface area contributed by atoms with Crippen molar-refractivity contribution in [1.82, 2.24) is 4.98 Å².